The van der Waals surface area contributed by atoms with Crippen molar-refractivity contribution < 1.29 is 37.8 Å². The molecule has 3 N–H and O–H groups in total. The van der Waals surface area contributed by atoms with Gasteiger partial charge in [0.15, 0.2) is 0 Å². The number of benzene rings is 2. The SMILES string of the molecule is COC(=O)CN(CCCNC(=O)/C=C/C(=O)Nc1cc2c(Nc3ccc(F)c(Cl)c3)ncnc2cc1OCC1CC1)CC(=O)OC. The predicted octanol–water partition coefficient (Wildman–Crippen LogP) is 3.60. The first-order valence-corrected chi connectivity index (χ1v) is 14.8. The maximum absolute atomic E-state index is 13.7. The van der Waals surface area contributed by atoms with Gasteiger partial charge in [0.1, 0.15) is 23.7 Å². The van der Waals surface area contributed by atoms with Gasteiger partial charge in [0.05, 0.1) is 50.1 Å². The number of esters is 2. The highest BCUT2D eigenvalue weighted by molar-refractivity contribution is 6.31. The number of aromatic nitrogens is 2. The number of hydrogen-bond donors (Lipinski definition) is 3. The lowest BCUT2D eigenvalue weighted by Crippen LogP contribution is -2.37. The quantitative estimate of drug-likeness (QED) is 0.117. The summed E-state index contributed by atoms with van der Waals surface area (Å²) in [6, 6.07) is 7.53. The maximum Gasteiger partial charge on any atom is 0.319 e. The van der Waals surface area contributed by atoms with Crippen LogP contribution in [0.5, 0.6) is 5.75 Å². The molecule has 0 radical (unpaired) electrons. The average Bonchev–Trinajstić information content (AvgIpc) is 3.87. The summed E-state index contributed by atoms with van der Waals surface area (Å²) in [4.78, 5) is 58.6. The Kier molecular flexibility index (Phi) is 12.2. The van der Waals surface area contributed by atoms with Gasteiger partial charge in [-0.05, 0) is 49.4 Å². The summed E-state index contributed by atoms with van der Waals surface area (Å²) in [5, 5.41) is 9.01. The van der Waals surface area contributed by atoms with Crippen molar-refractivity contribution in [1.29, 1.82) is 0 Å². The topological polar surface area (TPSA) is 161 Å². The lowest BCUT2D eigenvalue weighted by molar-refractivity contribution is -0.145. The van der Waals surface area contributed by atoms with Gasteiger partial charge >= 0.3 is 11.9 Å². The smallest absolute Gasteiger partial charge is 0.319 e. The van der Waals surface area contributed by atoms with Crippen molar-refractivity contribution in [1.82, 2.24) is 20.2 Å². The number of rotatable bonds is 16. The molecule has 1 saturated carbocycles. The number of anilines is 3. The molecule has 0 aliphatic heterocycles. The van der Waals surface area contributed by atoms with Crippen molar-refractivity contribution in [2.75, 3.05) is 57.6 Å². The monoisotopic (exact) mass is 656 g/mol. The van der Waals surface area contributed by atoms with E-state index in [1.165, 1.54) is 38.7 Å². The van der Waals surface area contributed by atoms with Crippen LogP contribution in [-0.4, -0.2) is 85.6 Å². The second kappa shape index (κ2) is 16.5. The number of halogens is 2. The van der Waals surface area contributed by atoms with E-state index >= 15 is 0 Å². The van der Waals surface area contributed by atoms with Crippen molar-refractivity contribution >= 4 is 63.4 Å². The van der Waals surface area contributed by atoms with E-state index in [4.69, 9.17) is 16.3 Å². The molecule has 244 valence electrons. The summed E-state index contributed by atoms with van der Waals surface area (Å²) >= 11 is 5.93. The summed E-state index contributed by atoms with van der Waals surface area (Å²) in [6.07, 6.45) is 6.11. The molecule has 13 nitrogen and oxygen atoms in total. The molecule has 0 saturated heterocycles. The lowest BCUT2D eigenvalue weighted by Gasteiger charge is -2.19. The number of hydrogen-bond acceptors (Lipinski definition) is 11. The Labute approximate surface area is 269 Å². The minimum absolute atomic E-state index is 0.0537. The molecular weight excluding hydrogens is 623 g/mol. The third kappa shape index (κ3) is 10.4. The summed E-state index contributed by atoms with van der Waals surface area (Å²) in [5.74, 6) is -1.41. The molecule has 1 aliphatic carbocycles. The second-order valence-electron chi connectivity index (χ2n) is 10.4. The zero-order valence-corrected chi connectivity index (χ0v) is 26.1. The van der Waals surface area contributed by atoms with Gasteiger partial charge < -0.3 is 30.2 Å². The van der Waals surface area contributed by atoms with Crippen molar-refractivity contribution in [2.45, 2.75) is 19.3 Å². The highest BCUT2D eigenvalue weighted by Crippen LogP contribution is 2.36. The third-order valence-electron chi connectivity index (χ3n) is 6.85. The van der Waals surface area contributed by atoms with Crippen molar-refractivity contribution in [3.8, 4) is 5.75 Å². The fourth-order valence-electron chi connectivity index (χ4n) is 4.21. The van der Waals surface area contributed by atoms with Gasteiger partial charge in [-0.2, -0.15) is 0 Å². The highest BCUT2D eigenvalue weighted by Gasteiger charge is 2.23. The molecule has 0 spiro atoms. The van der Waals surface area contributed by atoms with Crippen molar-refractivity contribution in [2.24, 2.45) is 5.92 Å². The molecular formula is C31H34ClFN6O7. The molecule has 15 heteroatoms. The van der Waals surface area contributed by atoms with Crippen LogP contribution in [0.1, 0.15) is 19.3 Å². The minimum atomic E-state index is -0.579. The van der Waals surface area contributed by atoms with Crippen molar-refractivity contribution in [3.63, 3.8) is 0 Å². The van der Waals surface area contributed by atoms with Crippen LogP contribution in [0, 0.1) is 11.7 Å². The van der Waals surface area contributed by atoms with Gasteiger partial charge in [-0.3, -0.25) is 24.1 Å². The van der Waals surface area contributed by atoms with Crippen LogP contribution in [0.15, 0.2) is 48.8 Å². The van der Waals surface area contributed by atoms with Crippen LogP contribution < -0.4 is 20.7 Å². The van der Waals surface area contributed by atoms with Gasteiger partial charge in [-0.25, -0.2) is 14.4 Å². The molecule has 46 heavy (non-hydrogen) atoms. The molecule has 0 bridgehead atoms. The van der Waals surface area contributed by atoms with Crippen LogP contribution in [0.4, 0.5) is 21.6 Å². The maximum atomic E-state index is 13.7. The first-order chi connectivity index (χ1) is 22.1. The molecule has 2 aromatic carbocycles. The molecule has 2 amide bonds. The third-order valence-corrected chi connectivity index (χ3v) is 7.14. The number of amides is 2. The van der Waals surface area contributed by atoms with Gasteiger partial charge in [-0.15, -0.1) is 0 Å². The van der Waals surface area contributed by atoms with Crippen LogP contribution in [0.2, 0.25) is 5.02 Å². The number of nitrogens with one attached hydrogen (secondary N) is 3. The Morgan fingerprint density at radius 2 is 1.74 bits per heavy atom. The molecule has 1 heterocycles. The van der Waals surface area contributed by atoms with E-state index in [9.17, 15) is 23.6 Å². The average molecular weight is 657 g/mol. The van der Waals surface area contributed by atoms with E-state index in [2.05, 4.69) is 35.4 Å². The zero-order chi connectivity index (χ0) is 33.1. The number of ether oxygens (including phenoxy) is 3. The fourth-order valence-corrected chi connectivity index (χ4v) is 4.39. The highest BCUT2D eigenvalue weighted by atomic mass is 35.5. The van der Waals surface area contributed by atoms with Gasteiger partial charge in [0, 0.05) is 42.4 Å². The Morgan fingerprint density at radius 1 is 1.02 bits per heavy atom. The minimum Gasteiger partial charge on any atom is -0.491 e. The summed E-state index contributed by atoms with van der Waals surface area (Å²) in [5.41, 5.74) is 1.38. The number of carbonyl (C=O) groups is 4. The molecule has 0 unspecified atom stereocenters. The van der Waals surface area contributed by atoms with Gasteiger partial charge in [-0.1, -0.05) is 11.6 Å². The molecule has 0 atom stereocenters. The first kappa shape index (κ1) is 34.1. The van der Waals surface area contributed by atoms with E-state index in [1.807, 2.05) is 0 Å². The lowest BCUT2D eigenvalue weighted by atomic mass is 10.1. The molecule has 1 aliphatic rings. The first-order valence-electron chi connectivity index (χ1n) is 14.4. The summed E-state index contributed by atoms with van der Waals surface area (Å²) in [6.45, 7) is 0.807. The molecule has 4 rings (SSSR count). The van der Waals surface area contributed by atoms with E-state index in [0.717, 1.165) is 25.0 Å². The molecule has 1 aromatic heterocycles. The summed E-state index contributed by atoms with van der Waals surface area (Å²) < 4.78 is 29.0. The predicted molar refractivity (Wildman–Crippen MR) is 168 cm³/mol. The number of fused-ring (bicyclic) bond motifs is 1. The number of nitrogens with zero attached hydrogens (tertiary/aromatic N) is 3. The Bertz CT molecular complexity index is 1600. The fraction of sp³-hybridized carbons (Fsp3) is 0.355. The van der Waals surface area contributed by atoms with Crippen LogP contribution in [0.3, 0.4) is 0 Å². The van der Waals surface area contributed by atoms with Gasteiger partial charge in [0.25, 0.3) is 0 Å². The zero-order valence-electron chi connectivity index (χ0n) is 25.3. The van der Waals surface area contributed by atoms with Crippen LogP contribution in [0.25, 0.3) is 10.9 Å². The van der Waals surface area contributed by atoms with E-state index in [1.54, 1.807) is 17.0 Å². The van der Waals surface area contributed by atoms with Crippen LogP contribution in [-0.2, 0) is 28.7 Å². The Balaban J connectivity index is 1.40. The largest absolute Gasteiger partial charge is 0.491 e. The Hall–Kier alpha value is -4.82. The van der Waals surface area contributed by atoms with E-state index in [-0.39, 0.29) is 24.7 Å². The Morgan fingerprint density at radius 3 is 2.41 bits per heavy atom. The number of methoxy groups -OCH3 is 2. The van der Waals surface area contributed by atoms with E-state index in [0.29, 0.717) is 59.3 Å². The normalized spacial score (nSPS) is 12.6. The molecule has 1 fully saturated rings. The second-order valence-corrected chi connectivity index (χ2v) is 10.8. The van der Waals surface area contributed by atoms with Crippen molar-refractivity contribution in [3.05, 3.63) is 59.7 Å². The molecule has 3 aromatic rings. The number of carbonyl (C=O) groups excluding carboxylic acids is 4. The standard InChI is InChI=1S/C31H34ClFN6O7/c1-44-29(42)15-39(16-30(43)45-2)11-3-10-34-27(40)8-9-28(41)38-25-13-21-24(14-26(25)46-17-19-4-5-19)35-18-36-31(21)37-20-6-7-23(33)22(32)12-20/h6-9,12-14,18-19H,3-5,10-11,15-17H2,1-2H3,(H,34,40)(H,38,41)(H,35,36,37)/b9-8+. The van der Waals surface area contributed by atoms with Crippen LogP contribution >= 0.6 is 11.6 Å². The van der Waals surface area contributed by atoms with E-state index < -0.39 is 29.6 Å². The summed E-state index contributed by atoms with van der Waals surface area (Å²) in [7, 11) is 2.50. The van der Waals surface area contributed by atoms with Gasteiger partial charge in [0.2, 0.25) is 11.8 Å².